The monoisotopic (exact) mass is 231 g/mol. The first kappa shape index (κ1) is 10.7. The van der Waals surface area contributed by atoms with E-state index in [4.69, 9.17) is 5.73 Å². The van der Waals surface area contributed by atoms with Gasteiger partial charge in [-0.15, -0.1) is 0 Å². The van der Waals surface area contributed by atoms with Gasteiger partial charge in [-0.05, 0) is 38.1 Å². The molecule has 1 aliphatic carbocycles. The standard InChI is InChI=1S/C12H17N5/c13-5-8-1-3-9(4-2-8)11-16-10-6-14-7-15-12(10)17-11/h6-9H,1-5,13H2,(H,14,15,16,17). The number of nitrogens with two attached hydrogens (primary N) is 1. The maximum atomic E-state index is 5.71. The summed E-state index contributed by atoms with van der Waals surface area (Å²) in [6, 6.07) is 0. The van der Waals surface area contributed by atoms with E-state index in [2.05, 4.69) is 19.9 Å². The molecule has 2 aromatic heterocycles. The largest absolute Gasteiger partial charge is 0.339 e. The molecule has 0 unspecified atom stereocenters. The van der Waals surface area contributed by atoms with Crippen LogP contribution in [-0.4, -0.2) is 26.5 Å². The third kappa shape index (κ3) is 2.02. The molecule has 0 bridgehead atoms. The molecule has 0 aromatic carbocycles. The molecule has 0 aliphatic heterocycles. The predicted molar refractivity (Wildman–Crippen MR) is 65.4 cm³/mol. The van der Waals surface area contributed by atoms with Crippen LogP contribution in [0.2, 0.25) is 0 Å². The fraction of sp³-hybridized carbons (Fsp3) is 0.583. The summed E-state index contributed by atoms with van der Waals surface area (Å²) in [6.45, 7) is 0.818. The van der Waals surface area contributed by atoms with Crippen LogP contribution in [-0.2, 0) is 0 Å². The third-order valence-electron chi connectivity index (χ3n) is 3.75. The van der Waals surface area contributed by atoms with Crippen LogP contribution in [0.3, 0.4) is 0 Å². The third-order valence-corrected chi connectivity index (χ3v) is 3.75. The number of nitrogens with one attached hydrogen (secondary N) is 1. The molecule has 5 nitrogen and oxygen atoms in total. The van der Waals surface area contributed by atoms with Gasteiger partial charge in [-0.25, -0.2) is 15.0 Å². The van der Waals surface area contributed by atoms with Crippen LogP contribution >= 0.6 is 0 Å². The molecule has 0 radical (unpaired) electrons. The smallest absolute Gasteiger partial charge is 0.180 e. The minimum absolute atomic E-state index is 0.534. The number of hydrogen-bond acceptors (Lipinski definition) is 4. The van der Waals surface area contributed by atoms with Crippen molar-refractivity contribution in [3.63, 3.8) is 0 Å². The van der Waals surface area contributed by atoms with Gasteiger partial charge in [-0.2, -0.15) is 0 Å². The second kappa shape index (κ2) is 4.41. The highest BCUT2D eigenvalue weighted by molar-refractivity contribution is 5.68. The van der Waals surface area contributed by atoms with Crippen molar-refractivity contribution < 1.29 is 0 Å². The van der Waals surface area contributed by atoms with Crippen molar-refractivity contribution in [2.75, 3.05) is 6.54 Å². The molecule has 1 fully saturated rings. The number of H-pyrrole nitrogens is 1. The van der Waals surface area contributed by atoms with Crippen LogP contribution < -0.4 is 5.73 Å². The van der Waals surface area contributed by atoms with Crippen molar-refractivity contribution in [1.82, 2.24) is 19.9 Å². The molecule has 0 spiro atoms. The van der Waals surface area contributed by atoms with Crippen LogP contribution in [0, 0.1) is 5.92 Å². The van der Waals surface area contributed by atoms with Gasteiger partial charge in [0.25, 0.3) is 0 Å². The van der Waals surface area contributed by atoms with Gasteiger partial charge >= 0.3 is 0 Å². The maximum Gasteiger partial charge on any atom is 0.180 e. The first-order valence-electron chi connectivity index (χ1n) is 6.22. The maximum absolute atomic E-state index is 5.71. The minimum Gasteiger partial charge on any atom is -0.339 e. The fourth-order valence-electron chi connectivity index (χ4n) is 2.65. The summed E-state index contributed by atoms with van der Waals surface area (Å²) in [5, 5.41) is 0. The zero-order chi connectivity index (χ0) is 11.7. The van der Waals surface area contributed by atoms with Gasteiger partial charge in [-0.1, -0.05) is 0 Å². The highest BCUT2D eigenvalue weighted by Crippen LogP contribution is 2.34. The summed E-state index contributed by atoms with van der Waals surface area (Å²) in [6.07, 6.45) is 8.10. The number of hydrogen-bond donors (Lipinski definition) is 2. The Kier molecular flexibility index (Phi) is 2.76. The Morgan fingerprint density at radius 2 is 2.12 bits per heavy atom. The summed E-state index contributed by atoms with van der Waals surface area (Å²) in [5.41, 5.74) is 7.41. The van der Waals surface area contributed by atoms with Gasteiger partial charge in [0, 0.05) is 5.92 Å². The Bertz CT molecular complexity index is 465. The zero-order valence-corrected chi connectivity index (χ0v) is 9.76. The molecule has 90 valence electrons. The van der Waals surface area contributed by atoms with Crippen LogP contribution in [0.5, 0.6) is 0 Å². The second-order valence-corrected chi connectivity index (χ2v) is 4.84. The fourth-order valence-corrected chi connectivity index (χ4v) is 2.65. The van der Waals surface area contributed by atoms with E-state index in [0.29, 0.717) is 11.8 Å². The Morgan fingerprint density at radius 3 is 2.82 bits per heavy atom. The lowest BCUT2D eigenvalue weighted by molar-refractivity contribution is 0.326. The van der Waals surface area contributed by atoms with Crippen molar-refractivity contribution >= 4 is 11.2 Å². The molecule has 3 rings (SSSR count). The second-order valence-electron chi connectivity index (χ2n) is 4.84. The molecule has 0 atom stereocenters. The molecule has 2 aromatic rings. The molecular formula is C12H17N5. The number of aromatic amines is 1. The van der Waals surface area contributed by atoms with E-state index in [1.807, 2.05) is 0 Å². The van der Waals surface area contributed by atoms with Crippen LogP contribution in [0.1, 0.15) is 37.4 Å². The summed E-state index contributed by atoms with van der Waals surface area (Å²) in [7, 11) is 0. The van der Waals surface area contributed by atoms with Crippen molar-refractivity contribution in [2.24, 2.45) is 11.7 Å². The van der Waals surface area contributed by atoms with Gasteiger partial charge in [0.15, 0.2) is 5.65 Å². The average molecular weight is 231 g/mol. The highest BCUT2D eigenvalue weighted by atomic mass is 15.0. The van der Waals surface area contributed by atoms with Crippen LogP contribution in [0.4, 0.5) is 0 Å². The average Bonchev–Trinajstić information content (AvgIpc) is 2.82. The molecule has 17 heavy (non-hydrogen) atoms. The van der Waals surface area contributed by atoms with Crippen molar-refractivity contribution in [3.8, 4) is 0 Å². The van der Waals surface area contributed by atoms with E-state index in [9.17, 15) is 0 Å². The van der Waals surface area contributed by atoms with Gasteiger partial charge in [0.05, 0.1) is 6.20 Å². The SMILES string of the molecule is NCC1CCC(c2nc3ncncc3[nH]2)CC1. The summed E-state index contributed by atoms with van der Waals surface area (Å²) in [4.78, 5) is 16.0. The van der Waals surface area contributed by atoms with Crippen LogP contribution in [0.15, 0.2) is 12.5 Å². The van der Waals surface area contributed by atoms with Gasteiger partial charge < -0.3 is 10.7 Å². The van der Waals surface area contributed by atoms with Crippen molar-refractivity contribution in [2.45, 2.75) is 31.6 Å². The highest BCUT2D eigenvalue weighted by Gasteiger charge is 2.23. The summed E-state index contributed by atoms with van der Waals surface area (Å²) >= 11 is 0. The summed E-state index contributed by atoms with van der Waals surface area (Å²) in [5.74, 6) is 2.30. The quantitative estimate of drug-likeness (QED) is 0.822. The van der Waals surface area contributed by atoms with Gasteiger partial charge in [0.2, 0.25) is 0 Å². The van der Waals surface area contributed by atoms with Gasteiger partial charge in [0.1, 0.15) is 17.7 Å². The van der Waals surface area contributed by atoms with E-state index < -0.39 is 0 Å². The number of nitrogens with zero attached hydrogens (tertiary/aromatic N) is 3. The number of aromatic nitrogens is 4. The zero-order valence-electron chi connectivity index (χ0n) is 9.76. The Labute approximate surface area is 99.9 Å². The van der Waals surface area contributed by atoms with E-state index in [0.717, 1.165) is 23.5 Å². The molecule has 3 N–H and O–H groups in total. The number of rotatable bonds is 2. The molecule has 0 amide bonds. The molecular weight excluding hydrogens is 214 g/mol. The van der Waals surface area contributed by atoms with E-state index in [1.54, 1.807) is 6.20 Å². The Balaban J connectivity index is 1.80. The molecule has 2 heterocycles. The van der Waals surface area contributed by atoms with E-state index in [-0.39, 0.29) is 0 Å². The number of imidazole rings is 1. The molecule has 1 aliphatic rings. The molecule has 0 saturated heterocycles. The molecule has 5 heteroatoms. The minimum atomic E-state index is 0.534. The lowest BCUT2D eigenvalue weighted by Gasteiger charge is -2.26. The molecule has 1 saturated carbocycles. The van der Waals surface area contributed by atoms with E-state index in [1.165, 1.54) is 32.0 Å². The first-order valence-corrected chi connectivity index (χ1v) is 6.22. The lowest BCUT2D eigenvalue weighted by atomic mass is 9.82. The topological polar surface area (TPSA) is 80.5 Å². The number of fused-ring (bicyclic) bond motifs is 1. The summed E-state index contributed by atoms with van der Waals surface area (Å²) < 4.78 is 0. The van der Waals surface area contributed by atoms with Crippen molar-refractivity contribution in [3.05, 3.63) is 18.3 Å². The first-order chi connectivity index (χ1) is 8.36. The normalized spacial score (nSPS) is 25.2. The lowest BCUT2D eigenvalue weighted by Crippen LogP contribution is -2.21. The Morgan fingerprint density at radius 1 is 1.29 bits per heavy atom. The van der Waals surface area contributed by atoms with Crippen molar-refractivity contribution in [1.29, 1.82) is 0 Å². The van der Waals surface area contributed by atoms with E-state index >= 15 is 0 Å². The predicted octanol–water partition coefficient (Wildman–Crippen LogP) is 1.59. The van der Waals surface area contributed by atoms with Gasteiger partial charge in [-0.3, -0.25) is 0 Å². The van der Waals surface area contributed by atoms with Crippen LogP contribution in [0.25, 0.3) is 11.2 Å². The Hall–Kier alpha value is -1.49.